The van der Waals surface area contributed by atoms with E-state index in [-0.39, 0.29) is 6.61 Å². The Labute approximate surface area is 135 Å². The van der Waals surface area contributed by atoms with Crippen molar-refractivity contribution in [1.29, 1.82) is 0 Å². The van der Waals surface area contributed by atoms with Gasteiger partial charge in [-0.3, -0.25) is 9.17 Å². The zero-order valence-electron chi connectivity index (χ0n) is 13.1. The molecule has 0 atom stereocenters. The summed E-state index contributed by atoms with van der Waals surface area (Å²) in [4.78, 5) is 4.19. The monoisotopic (exact) mass is 330 g/mol. The molecule has 0 amide bonds. The Morgan fingerprint density at radius 1 is 1.17 bits per heavy atom. The van der Waals surface area contributed by atoms with Crippen molar-refractivity contribution in [2.75, 3.05) is 12.9 Å². The Hall–Kier alpha value is -2.18. The molecule has 0 bridgehead atoms. The Morgan fingerprint density at radius 3 is 2.65 bits per heavy atom. The number of hydrogen-bond donors (Lipinski definition) is 0. The van der Waals surface area contributed by atoms with E-state index >= 15 is 0 Å². The van der Waals surface area contributed by atoms with Gasteiger partial charge in [-0.05, 0) is 30.7 Å². The van der Waals surface area contributed by atoms with Gasteiger partial charge in [0, 0.05) is 35.4 Å². The van der Waals surface area contributed by atoms with Crippen molar-refractivity contribution in [1.82, 2.24) is 9.55 Å². The lowest BCUT2D eigenvalue weighted by Crippen LogP contribution is -2.11. The van der Waals surface area contributed by atoms with Crippen molar-refractivity contribution in [2.45, 2.75) is 13.5 Å². The molecule has 0 unspecified atom stereocenters. The molecule has 120 valence electrons. The molecule has 23 heavy (non-hydrogen) atoms. The van der Waals surface area contributed by atoms with E-state index in [1.807, 2.05) is 36.5 Å². The standard InChI is InChI=1S/C17H18N2O3S/c1-13-15-7-3-4-8-16(15)19(10-11-22-23(2,20)21)17(13)14-6-5-9-18-12-14/h3-9,12H,10-11H2,1-2H3. The average Bonchev–Trinajstić information content (AvgIpc) is 2.80. The summed E-state index contributed by atoms with van der Waals surface area (Å²) in [5, 5.41) is 1.14. The molecule has 3 aromatic rings. The van der Waals surface area contributed by atoms with E-state index in [1.54, 1.807) is 6.20 Å². The molecule has 2 aromatic heterocycles. The SMILES string of the molecule is Cc1c(-c2cccnc2)n(CCOS(C)(=O)=O)c2ccccc12. The van der Waals surface area contributed by atoms with Crippen molar-refractivity contribution in [3.63, 3.8) is 0 Å². The summed E-state index contributed by atoms with van der Waals surface area (Å²) in [6, 6.07) is 12.0. The van der Waals surface area contributed by atoms with Crippen LogP contribution in [0, 0.1) is 6.92 Å². The largest absolute Gasteiger partial charge is 0.338 e. The summed E-state index contributed by atoms with van der Waals surface area (Å²) >= 11 is 0. The van der Waals surface area contributed by atoms with Gasteiger partial charge in [-0.15, -0.1) is 0 Å². The maximum Gasteiger partial charge on any atom is 0.264 e. The minimum atomic E-state index is -3.44. The van der Waals surface area contributed by atoms with Gasteiger partial charge in [-0.2, -0.15) is 8.42 Å². The first-order valence-corrected chi connectivity index (χ1v) is 9.11. The van der Waals surface area contributed by atoms with Crippen molar-refractivity contribution in [2.24, 2.45) is 0 Å². The highest BCUT2D eigenvalue weighted by atomic mass is 32.2. The summed E-state index contributed by atoms with van der Waals surface area (Å²) in [7, 11) is -3.44. The number of hydrogen-bond acceptors (Lipinski definition) is 4. The minimum absolute atomic E-state index is 0.101. The molecule has 0 saturated carbocycles. The van der Waals surface area contributed by atoms with Crippen molar-refractivity contribution in [3.8, 4) is 11.3 Å². The molecule has 0 aliphatic heterocycles. The molecular weight excluding hydrogens is 312 g/mol. The number of pyridine rings is 1. The molecule has 0 aliphatic rings. The number of nitrogens with zero attached hydrogens (tertiary/aromatic N) is 2. The molecule has 0 N–H and O–H groups in total. The third-order valence-electron chi connectivity index (χ3n) is 3.77. The quantitative estimate of drug-likeness (QED) is 0.675. The topological polar surface area (TPSA) is 61.2 Å². The molecule has 0 saturated heterocycles. The van der Waals surface area contributed by atoms with Crippen LogP contribution in [0.15, 0.2) is 48.8 Å². The minimum Gasteiger partial charge on any atom is -0.338 e. The third-order valence-corrected chi connectivity index (χ3v) is 4.37. The molecule has 5 nitrogen and oxygen atoms in total. The molecular formula is C17H18N2O3S. The molecule has 0 aliphatic carbocycles. The van der Waals surface area contributed by atoms with Gasteiger partial charge in [0.15, 0.2) is 0 Å². The first kappa shape index (κ1) is 15.7. The Kier molecular flexibility index (Phi) is 4.19. The van der Waals surface area contributed by atoms with Gasteiger partial charge in [0.2, 0.25) is 0 Å². The van der Waals surface area contributed by atoms with Crippen molar-refractivity contribution >= 4 is 21.0 Å². The summed E-state index contributed by atoms with van der Waals surface area (Å²) in [5.41, 5.74) is 4.24. The van der Waals surface area contributed by atoms with Crippen LogP contribution in [-0.4, -0.2) is 30.8 Å². The predicted octanol–water partition coefficient (Wildman–Crippen LogP) is 2.99. The predicted molar refractivity (Wildman–Crippen MR) is 90.7 cm³/mol. The second kappa shape index (κ2) is 6.14. The number of para-hydroxylation sites is 1. The first-order valence-electron chi connectivity index (χ1n) is 7.30. The van der Waals surface area contributed by atoms with Gasteiger partial charge in [-0.1, -0.05) is 18.2 Å². The van der Waals surface area contributed by atoms with E-state index in [9.17, 15) is 8.42 Å². The Balaban J connectivity index is 2.10. The van der Waals surface area contributed by atoms with E-state index in [1.165, 1.54) is 0 Å². The fourth-order valence-corrected chi connectivity index (χ4v) is 3.24. The van der Waals surface area contributed by atoms with Crippen LogP contribution in [0.4, 0.5) is 0 Å². The Bertz CT molecular complexity index is 931. The van der Waals surface area contributed by atoms with Gasteiger partial charge in [0.05, 0.1) is 18.6 Å². The fourth-order valence-electron chi connectivity index (χ4n) is 2.86. The number of aryl methyl sites for hydroxylation is 1. The van der Waals surface area contributed by atoms with Crippen LogP contribution in [0.3, 0.4) is 0 Å². The second-order valence-electron chi connectivity index (χ2n) is 5.41. The van der Waals surface area contributed by atoms with Crippen LogP contribution in [-0.2, 0) is 20.8 Å². The zero-order chi connectivity index (χ0) is 16.4. The molecule has 3 rings (SSSR count). The number of aromatic nitrogens is 2. The highest BCUT2D eigenvalue weighted by molar-refractivity contribution is 7.85. The highest BCUT2D eigenvalue weighted by Gasteiger charge is 2.16. The van der Waals surface area contributed by atoms with Crippen LogP contribution in [0.2, 0.25) is 0 Å². The average molecular weight is 330 g/mol. The van der Waals surface area contributed by atoms with Gasteiger partial charge >= 0.3 is 0 Å². The number of fused-ring (bicyclic) bond motifs is 1. The summed E-state index contributed by atoms with van der Waals surface area (Å²) in [6.07, 6.45) is 4.61. The number of rotatable bonds is 5. The lowest BCUT2D eigenvalue weighted by Gasteiger charge is -2.11. The van der Waals surface area contributed by atoms with Gasteiger partial charge in [0.25, 0.3) is 10.1 Å². The van der Waals surface area contributed by atoms with Crippen LogP contribution in [0.25, 0.3) is 22.2 Å². The van der Waals surface area contributed by atoms with E-state index in [4.69, 9.17) is 4.18 Å². The third kappa shape index (κ3) is 3.28. The number of benzene rings is 1. The van der Waals surface area contributed by atoms with Crippen LogP contribution >= 0.6 is 0 Å². The van der Waals surface area contributed by atoms with Gasteiger partial charge in [-0.25, -0.2) is 0 Å². The maximum atomic E-state index is 11.2. The summed E-state index contributed by atoms with van der Waals surface area (Å²) in [6.45, 7) is 2.62. The van der Waals surface area contributed by atoms with Crippen LogP contribution in [0.5, 0.6) is 0 Å². The maximum absolute atomic E-state index is 11.2. The molecule has 2 heterocycles. The molecule has 6 heteroatoms. The van der Waals surface area contributed by atoms with E-state index in [0.29, 0.717) is 6.54 Å². The zero-order valence-corrected chi connectivity index (χ0v) is 13.9. The highest BCUT2D eigenvalue weighted by Crippen LogP contribution is 2.32. The Morgan fingerprint density at radius 2 is 1.96 bits per heavy atom. The molecule has 0 radical (unpaired) electrons. The molecule has 0 spiro atoms. The van der Waals surface area contributed by atoms with E-state index in [0.717, 1.165) is 34.0 Å². The molecule has 1 aromatic carbocycles. The first-order chi connectivity index (χ1) is 11.0. The fraction of sp³-hybridized carbons (Fsp3) is 0.235. The molecule has 0 fully saturated rings. The van der Waals surface area contributed by atoms with E-state index in [2.05, 4.69) is 22.5 Å². The summed E-state index contributed by atoms with van der Waals surface area (Å²) in [5.74, 6) is 0. The summed E-state index contributed by atoms with van der Waals surface area (Å²) < 4.78 is 29.4. The lowest BCUT2D eigenvalue weighted by atomic mass is 10.1. The van der Waals surface area contributed by atoms with Gasteiger partial charge < -0.3 is 4.57 Å². The van der Waals surface area contributed by atoms with Crippen LogP contribution < -0.4 is 0 Å². The second-order valence-corrected chi connectivity index (χ2v) is 7.05. The normalized spacial score (nSPS) is 11.9. The van der Waals surface area contributed by atoms with Gasteiger partial charge in [0.1, 0.15) is 0 Å². The lowest BCUT2D eigenvalue weighted by molar-refractivity contribution is 0.306. The van der Waals surface area contributed by atoms with Crippen LogP contribution in [0.1, 0.15) is 5.56 Å². The van der Waals surface area contributed by atoms with Crippen molar-refractivity contribution < 1.29 is 12.6 Å². The van der Waals surface area contributed by atoms with E-state index < -0.39 is 10.1 Å². The smallest absolute Gasteiger partial charge is 0.264 e. The van der Waals surface area contributed by atoms with Crippen molar-refractivity contribution in [3.05, 3.63) is 54.4 Å².